The van der Waals surface area contributed by atoms with Crippen LogP contribution in [-0.2, 0) is 10.2 Å². The minimum Gasteiger partial charge on any atom is -0.370 e. The molecular formula is C32H37N7O. The second kappa shape index (κ2) is 11.4. The number of likely N-dealkylation sites (tertiary alicyclic amines) is 1. The summed E-state index contributed by atoms with van der Waals surface area (Å²) in [5.41, 5.74) is 4.42. The van der Waals surface area contributed by atoms with Gasteiger partial charge in [0, 0.05) is 81.9 Å². The molecule has 0 aliphatic carbocycles. The van der Waals surface area contributed by atoms with Crippen LogP contribution in [0.25, 0.3) is 10.9 Å². The van der Waals surface area contributed by atoms with E-state index in [9.17, 15) is 10.5 Å². The van der Waals surface area contributed by atoms with Gasteiger partial charge in [-0.25, -0.2) is 0 Å². The lowest BCUT2D eigenvalue weighted by molar-refractivity contribution is -0.0360. The van der Waals surface area contributed by atoms with Crippen molar-refractivity contribution in [1.82, 2.24) is 15.2 Å². The number of ether oxygens (including phenoxy) is 1. The van der Waals surface area contributed by atoms with E-state index in [4.69, 9.17) is 4.74 Å². The van der Waals surface area contributed by atoms with Crippen LogP contribution in [0.4, 0.5) is 11.4 Å². The second-order valence-electron chi connectivity index (χ2n) is 11.4. The fourth-order valence-electron chi connectivity index (χ4n) is 6.65. The van der Waals surface area contributed by atoms with Crippen LogP contribution in [0.2, 0.25) is 0 Å². The van der Waals surface area contributed by atoms with Gasteiger partial charge in [-0.2, -0.15) is 10.5 Å². The van der Waals surface area contributed by atoms with Crippen LogP contribution in [0.1, 0.15) is 30.9 Å². The molecule has 8 nitrogen and oxygen atoms in total. The van der Waals surface area contributed by atoms with Crippen LogP contribution in [0.15, 0.2) is 54.7 Å². The molecule has 8 heteroatoms. The number of fused-ring (bicyclic) bond motifs is 1. The quantitative estimate of drug-likeness (QED) is 0.529. The van der Waals surface area contributed by atoms with E-state index in [0.717, 1.165) is 93.9 Å². The predicted octanol–water partition coefficient (Wildman–Crippen LogP) is 3.67. The van der Waals surface area contributed by atoms with Gasteiger partial charge in [-0.3, -0.25) is 4.98 Å². The van der Waals surface area contributed by atoms with Crippen molar-refractivity contribution in [3.8, 4) is 12.1 Å². The summed E-state index contributed by atoms with van der Waals surface area (Å²) in [5, 5.41) is 24.3. The van der Waals surface area contributed by atoms with Gasteiger partial charge in [0.1, 0.15) is 6.07 Å². The maximum absolute atomic E-state index is 10.3. The molecule has 3 saturated heterocycles. The molecule has 6 rings (SSSR count). The Labute approximate surface area is 236 Å². The van der Waals surface area contributed by atoms with E-state index in [1.807, 2.05) is 18.2 Å². The molecule has 3 fully saturated rings. The minimum absolute atomic E-state index is 0.0685. The van der Waals surface area contributed by atoms with Crippen molar-refractivity contribution in [2.75, 3.05) is 68.7 Å². The third-order valence-electron chi connectivity index (χ3n) is 8.82. The standard InChI is InChI=1S/C32H37N7O/c1-24-20-39(30-9-4-25(19-33)31-29(30)3-2-12-36-31)22-28(40-24)21-37-15-10-32(23-34,11-16-37)26-5-7-27(8-6-26)38-17-13-35-14-18-38/h2-9,12,24,28,35H,10-11,13-18,20-22H2,1H3. The number of pyridine rings is 1. The zero-order valence-electron chi connectivity index (χ0n) is 23.2. The van der Waals surface area contributed by atoms with E-state index in [2.05, 4.69) is 74.4 Å². The van der Waals surface area contributed by atoms with Crippen LogP contribution in [0.5, 0.6) is 0 Å². The SMILES string of the molecule is CC1CN(c2ccc(C#N)c3ncccc23)CC(CN2CCC(C#N)(c3ccc(N4CCNCC4)cc3)CC2)O1. The highest BCUT2D eigenvalue weighted by Gasteiger charge is 2.38. The Hall–Kier alpha value is -3.69. The zero-order valence-corrected chi connectivity index (χ0v) is 23.2. The molecule has 3 aromatic rings. The summed E-state index contributed by atoms with van der Waals surface area (Å²) in [6.07, 6.45) is 3.57. The Morgan fingerprint density at radius 1 is 0.975 bits per heavy atom. The van der Waals surface area contributed by atoms with Gasteiger partial charge in [0.15, 0.2) is 0 Å². The van der Waals surface area contributed by atoms with Crippen molar-refractivity contribution in [3.05, 3.63) is 65.9 Å². The van der Waals surface area contributed by atoms with E-state index in [1.165, 1.54) is 5.69 Å². The molecule has 206 valence electrons. The lowest BCUT2D eigenvalue weighted by Crippen LogP contribution is -2.52. The number of hydrogen-bond donors (Lipinski definition) is 1. The molecule has 0 amide bonds. The number of nitriles is 2. The maximum atomic E-state index is 10.3. The van der Waals surface area contributed by atoms with Crippen LogP contribution in [-0.4, -0.2) is 81.0 Å². The summed E-state index contributed by atoms with van der Waals surface area (Å²) in [4.78, 5) is 11.7. The Balaban J connectivity index is 1.11. The van der Waals surface area contributed by atoms with Gasteiger partial charge in [0.25, 0.3) is 0 Å². The molecule has 0 spiro atoms. The van der Waals surface area contributed by atoms with E-state index < -0.39 is 5.41 Å². The van der Waals surface area contributed by atoms with Crippen molar-refractivity contribution >= 4 is 22.3 Å². The number of morpholine rings is 1. The first-order valence-corrected chi connectivity index (χ1v) is 14.5. The third-order valence-corrected chi connectivity index (χ3v) is 8.82. The smallest absolute Gasteiger partial charge is 0.101 e. The molecule has 2 unspecified atom stereocenters. The number of piperazine rings is 1. The van der Waals surface area contributed by atoms with Gasteiger partial charge in [0.05, 0.1) is 34.8 Å². The van der Waals surface area contributed by atoms with Crippen LogP contribution >= 0.6 is 0 Å². The Kier molecular flexibility index (Phi) is 7.58. The Morgan fingerprint density at radius 2 is 1.75 bits per heavy atom. The molecule has 3 aliphatic rings. The van der Waals surface area contributed by atoms with Crippen molar-refractivity contribution in [2.24, 2.45) is 0 Å². The monoisotopic (exact) mass is 535 g/mol. The third kappa shape index (κ3) is 5.23. The molecule has 0 saturated carbocycles. The minimum atomic E-state index is -0.431. The number of hydrogen-bond acceptors (Lipinski definition) is 8. The molecule has 40 heavy (non-hydrogen) atoms. The van der Waals surface area contributed by atoms with Crippen molar-refractivity contribution in [1.29, 1.82) is 10.5 Å². The highest BCUT2D eigenvalue weighted by Crippen LogP contribution is 2.36. The number of piperidine rings is 1. The molecule has 1 N–H and O–H groups in total. The topological polar surface area (TPSA) is 91.5 Å². The maximum Gasteiger partial charge on any atom is 0.101 e. The second-order valence-corrected chi connectivity index (χ2v) is 11.4. The number of benzene rings is 2. The molecule has 1 aromatic heterocycles. The van der Waals surface area contributed by atoms with Crippen molar-refractivity contribution < 1.29 is 4.74 Å². The lowest BCUT2D eigenvalue weighted by Gasteiger charge is -2.43. The van der Waals surface area contributed by atoms with Crippen LogP contribution < -0.4 is 15.1 Å². The van der Waals surface area contributed by atoms with Gasteiger partial charge < -0.3 is 24.8 Å². The summed E-state index contributed by atoms with van der Waals surface area (Å²) < 4.78 is 6.41. The van der Waals surface area contributed by atoms with Gasteiger partial charge in [-0.1, -0.05) is 12.1 Å². The summed E-state index contributed by atoms with van der Waals surface area (Å²) in [6, 6.07) is 21.6. The molecule has 2 aromatic carbocycles. The van der Waals surface area contributed by atoms with Crippen molar-refractivity contribution in [2.45, 2.75) is 37.4 Å². The highest BCUT2D eigenvalue weighted by molar-refractivity contribution is 5.95. The number of rotatable bonds is 5. The summed E-state index contributed by atoms with van der Waals surface area (Å²) in [5.74, 6) is 0. The average Bonchev–Trinajstić information content (AvgIpc) is 3.01. The average molecular weight is 536 g/mol. The molecule has 4 heterocycles. The van der Waals surface area contributed by atoms with E-state index in [-0.39, 0.29) is 12.2 Å². The normalized spacial score (nSPS) is 23.5. The van der Waals surface area contributed by atoms with Gasteiger partial charge in [-0.05, 0) is 61.7 Å². The molecule has 3 aliphatic heterocycles. The largest absolute Gasteiger partial charge is 0.370 e. The zero-order chi connectivity index (χ0) is 27.5. The van der Waals surface area contributed by atoms with Crippen LogP contribution in [0.3, 0.4) is 0 Å². The van der Waals surface area contributed by atoms with E-state index >= 15 is 0 Å². The highest BCUT2D eigenvalue weighted by atomic mass is 16.5. The molecule has 0 bridgehead atoms. The number of nitrogens with one attached hydrogen (secondary N) is 1. The number of nitrogens with zero attached hydrogens (tertiary/aromatic N) is 6. The molecule has 0 radical (unpaired) electrons. The van der Waals surface area contributed by atoms with Gasteiger partial charge in [0.2, 0.25) is 0 Å². The fraction of sp³-hybridized carbons (Fsp3) is 0.469. The van der Waals surface area contributed by atoms with E-state index in [0.29, 0.717) is 5.56 Å². The van der Waals surface area contributed by atoms with Crippen LogP contribution in [0, 0.1) is 22.7 Å². The molecular weight excluding hydrogens is 498 g/mol. The first-order chi connectivity index (χ1) is 19.6. The van der Waals surface area contributed by atoms with Gasteiger partial charge >= 0.3 is 0 Å². The Bertz CT molecular complexity index is 1410. The van der Waals surface area contributed by atoms with E-state index in [1.54, 1.807) is 6.20 Å². The Morgan fingerprint density at radius 3 is 2.48 bits per heavy atom. The summed E-state index contributed by atoms with van der Waals surface area (Å²) in [6.45, 7) is 10.4. The predicted molar refractivity (Wildman–Crippen MR) is 157 cm³/mol. The summed E-state index contributed by atoms with van der Waals surface area (Å²) >= 11 is 0. The first-order valence-electron chi connectivity index (χ1n) is 14.5. The number of anilines is 2. The van der Waals surface area contributed by atoms with Gasteiger partial charge in [-0.15, -0.1) is 0 Å². The first kappa shape index (κ1) is 26.5. The van der Waals surface area contributed by atoms with Crippen molar-refractivity contribution in [3.63, 3.8) is 0 Å². The lowest BCUT2D eigenvalue weighted by atomic mass is 9.74. The fourth-order valence-corrected chi connectivity index (χ4v) is 6.65. The number of aromatic nitrogens is 1. The molecule has 2 atom stereocenters. The summed E-state index contributed by atoms with van der Waals surface area (Å²) in [7, 11) is 0.